The van der Waals surface area contributed by atoms with E-state index in [0.29, 0.717) is 18.7 Å². The summed E-state index contributed by atoms with van der Waals surface area (Å²) >= 11 is 0. The third kappa shape index (κ3) is 4.37. The first-order valence-electron chi connectivity index (χ1n) is 10.1. The molecule has 0 N–H and O–H groups in total. The number of benzene rings is 2. The van der Waals surface area contributed by atoms with Gasteiger partial charge >= 0.3 is 0 Å². The summed E-state index contributed by atoms with van der Waals surface area (Å²) < 4.78 is 31.8. The fraction of sp³-hybridized carbons (Fsp3) is 0.435. The van der Waals surface area contributed by atoms with Gasteiger partial charge in [0.15, 0.2) is 6.10 Å². The Morgan fingerprint density at radius 2 is 1.73 bits per heavy atom. The van der Waals surface area contributed by atoms with E-state index < -0.39 is 16.1 Å². The van der Waals surface area contributed by atoms with Gasteiger partial charge in [-0.3, -0.25) is 4.79 Å². The highest BCUT2D eigenvalue weighted by Crippen LogP contribution is 2.32. The first-order valence-corrected chi connectivity index (χ1v) is 11.5. The second-order valence-corrected chi connectivity index (χ2v) is 11.0. The van der Waals surface area contributed by atoms with E-state index in [1.807, 2.05) is 24.3 Å². The number of hydrogen-bond acceptors (Lipinski definition) is 4. The molecule has 1 amide bonds. The molecule has 7 heteroatoms. The smallest absolute Gasteiger partial charge is 0.267 e. The molecular weight excluding hydrogens is 400 g/mol. The number of nitrogens with zero attached hydrogens (tertiary/aromatic N) is 2. The molecule has 0 spiro atoms. The highest BCUT2D eigenvalue weighted by molar-refractivity contribution is 7.89. The lowest BCUT2D eigenvalue weighted by Crippen LogP contribution is -2.39. The number of sulfonamides is 1. The Balaban J connectivity index is 1.74. The van der Waals surface area contributed by atoms with Crippen molar-refractivity contribution in [1.29, 1.82) is 0 Å². The van der Waals surface area contributed by atoms with Gasteiger partial charge in [-0.05, 0) is 60.2 Å². The van der Waals surface area contributed by atoms with Crippen LogP contribution in [0.25, 0.3) is 0 Å². The number of ether oxygens (including phenoxy) is 1. The minimum Gasteiger partial charge on any atom is -0.481 e. The van der Waals surface area contributed by atoms with E-state index in [-0.39, 0.29) is 16.2 Å². The van der Waals surface area contributed by atoms with Gasteiger partial charge in [0, 0.05) is 26.3 Å². The predicted octanol–water partition coefficient (Wildman–Crippen LogP) is 3.59. The predicted molar refractivity (Wildman–Crippen MR) is 119 cm³/mol. The fourth-order valence-electron chi connectivity index (χ4n) is 3.49. The van der Waals surface area contributed by atoms with Gasteiger partial charge in [0.2, 0.25) is 10.0 Å². The van der Waals surface area contributed by atoms with Crippen molar-refractivity contribution in [3.8, 4) is 5.75 Å². The molecule has 30 heavy (non-hydrogen) atoms. The quantitative estimate of drug-likeness (QED) is 0.727. The van der Waals surface area contributed by atoms with Crippen molar-refractivity contribution in [2.75, 3.05) is 25.5 Å². The summed E-state index contributed by atoms with van der Waals surface area (Å²) in [6.45, 7) is 8.69. The molecule has 0 bridgehead atoms. The van der Waals surface area contributed by atoms with Crippen LogP contribution < -0.4 is 9.64 Å². The lowest BCUT2D eigenvalue weighted by Gasteiger charge is -2.23. The third-order valence-corrected chi connectivity index (χ3v) is 7.18. The summed E-state index contributed by atoms with van der Waals surface area (Å²) in [5.74, 6) is 0.507. The topological polar surface area (TPSA) is 66.9 Å². The number of hydrogen-bond donors (Lipinski definition) is 0. The van der Waals surface area contributed by atoms with Gasteiger partial charge in [0.1, 0.15) is 5.75 Å². The molecular formula is C23H30N2O4S. The molecule has 0 aromatic heterocycles. The molecule has 1 heterocycles. The van der Waals surface area contributed by atoms with E-state index in [1.165, 1.54) is 24.0 Å². The molecule has 0 aliphatic carbocycles. The normalized spacial score (nSPS) is 15.2. The van der Waals surface area contributed by atoms with Gasteiger partial charge in [-0.25, -0.2) is 12.7 Å². The molecule has 1 unspecified atom stereocenters. The van der Waals surface area contributed by atoms with Crippen molar-refractivity contribution in [1.82, 2.24) is 4.31 Å². The minimum absolute atomic E-state index is 0.0537. The van der Waals surface area contributed by atoms with Crippen LogP contribution in [0.3, 0.4) is 0 Å². The van der Waals surface area contributed by atoms with Gasteiger partial charge in [-0.1, -0.05) is 32.9 Å². The van der Waals surface area contributed by atoms with E-state index in [2.05, 4.69) is 20.8 Å². The fourth-order valence-corrected chi connectivity index (χ4v) is 4.44. The van der Waals surface area contributed by atoms with Crippen LogP contribution in [0.1, 0.15) is 38.8 Å². The van der Waals surface area contributed by atoms with Crippen LogP contribution in [-0.4, -0.2) is 45.4 Å². The minimum atomic E-state index is -3.50. The molecule has 3 rings (SSSR count). The van der Waals surface area contributed by atoms with Crippen molar-refractivity contribution in [2.45, 2.75) is 50.5 Å². The Hall–Kier alpha value is -2.38. The zero-order valence-corrected chi connectivity index (χ0v) is 19.3. The van der Waals surface area contributed by atoms with E-state index in [1.54, 1.807) is 30.0 Å². The van der Waals surface area contributed by atoms with Gasteiger partial charge in [0.05, 0.1) is 4.90 Å². The zero-order chi connectivity index (χ0) is 22.3. The summed E-state index contributed by atoms with van der Waals surface area (Å²) in [6.07, 6.45) is -0.0353. The van der Waals surface area contributed by atoms with Crippen LogP contribution in [0.4, 0.5) is 5.69 Å². The van der Waals surface area contributed by atoms with Crippen molar-refractivity contribution < 1.29 is 17.9 Å². The van der Waals surface area contributed by atoms with E-state index in [0.717, 1.165) is 11.3 Å². The molecule has 0 fully saturated rings. The van der Waals surface area contributed by atoms with Crippen molar-refractivity contribution in [2.24, 2.45) is 0 Å². The highest BCUT2D eigenvalue weighted by Gasteiger charge is 2.30. The lowest BCUT2D eigenvalue weighted by atomic mass is 9.87. The van der Waals surface area contributed by atoms with Crippen LogP contribution in [0.5, 0.6) is 5.75 Å². The number of rotatable bonds is 5. The largest absolute Gasteiger partial charge is 0.481 e. The Labute approximate surface area is 179 Å². The van der Waals surface area contributed by atoms with Crippen LogP contribution in [0.15, 0.2) is 47.4 Å². The van der Waals surface area contributed by atoms with Crippen LogP contribution in [0, 0.1) is 0 Å². The Morgan fingerprint density at radius 3 is 2.30 bits per heavy atom. The van der Waals surface area contributed by atoms with E-state index in [9.17, 15) is 13.2 Å². The van der Waals surface area contributed by atoms with Crippen molar-refractivity contribution >= 4 is 21.6 Å². The molecule has 1 aliphatic heterocycles. The molecule has 1 atom stereocenters. The molecule has 1 aliphatic rings. The molecule has 2 aromatic rings. The number of carbonyl (C=O) groups is 1. The van der Waals surface area contributed by atoms with Crippen molar-refractivity contribution in [3.05, 3.63) is 53.6 Å². The molecule has 0 saturated heterocycles. The summed E-state index contributed by atoms with van der Waals surface area (Å²) in [5, 5.41) is 0. The Kier molecular flexibility index (Phi) is 5.98. The molecule has 6 nitrogen and oxygen atoms in total. The highest BCUT2D eigenvalue weighted by atomic mass is 32.2. The third-order valence-electron chi connectivity index (χ3n) is 5.37. The average molecular weight is 431 g/mol. The second kappa shape index (κ2) is 8.04. The van der Waals surface area contributed by atoms with Gasteiger partial charge in [-0.2, -0.15) is 0 Å². The maximum absolute atomic E-state index is 13.0. The van der Waals surface area contributed by atoms with E-state index >= 15 is 0 Å². The molecule has 162 valence electrons. The Bertz CT molecular complexity index is 1040. The first-order chi connectivity index (χ1) is 13.9. The van der Waals surface area contributed by atoms with Crippen LogP contribution in [0.2, 0.25) is 0 Å². The first kappa shape index (κ1) is 22.3. The standard InChI is InChI=1S/C23H30N2O4S/c1-16(29-19-9-7-18(8-10-19)23(2,3)4)22(26)25-14-13-17-15-20(11-12-21(17)25)30(27,28)24(5)6/h7-12,15-16H,13-14H2,1-6H3. The molecule has 0 radical (unpaired) electrons. The number of amides is 1. The van der Waals surface area contributed by atoms with Gasteiger partial charge in [-0.15, -0.1) is 0 Å². The summed E-state index contributed by atoms with van der Waals surface area (Å²) in [7, 11) is -0.491. The number of carbonyl (C=O) groups excluding carboxylic acids is 1. The van der Waals surface area contributed by atoms with E-state index in [4.69, 9.17) is 4.74 Å². The average Bonchev–Trinajstić information content (AvgIpc) is 3.10. The molecule has 2 aromatic carbocycles. The van der Waals surface area contributed by atoms with Crippen LogP contribution >= 0.6 is 0 Å². The molecule has 0 saturated carbocycles. The summed E-state index contributed by atoms with van der Waals surface area (Å²) in [6, 6.07) is 12.7. The van der Waals surface area contributed by atoms with Gasteiger partial charge in [0.25, 0.3) is 5.91 Å². The summed E-state index contributed by atoms with van der Waals surface area (Å²) in [4.78, 5) is 14.9. The SMILES string of the molecule is CC(Oc1ccc(C(C)(C)C)cc1)C(=O)N1CCc2cc(S(=O)(=O)N(C)C)ccc21. The van der Waals surface area contributed by atoms with Gasteiger partial charge < -0.3 is 9.64 Å². The number of fused-ring (bicyclic) bond motifs is 1. The maximum Gasteiger partial charge on any atom is 0.267 e. The monoisotopic (exact) mass is 430 g/mol. The van der Waals surface area contributed by atoms with Crippen LogP contribution in [-0.2, 0) is 26.7 Å². The summed E-state index contributed by atoms with van der Waals surface area (Å²) in [5.41, 5.74) is 2.85. The number of anilines is 1. The van der Waals surface area contributed by atoms with Crippen molar-refractivity contribution in [3.63, 3.8) is 0 Å². The lowest BCUT2D eigenvalue weighted by molar-refractivity contribution is -0.124. The maximum atomic E-state index is 13.0. The zero-order valence-electron chi connectivity index (χ0n) is 18.5. The second-order valence-electron chi connectivity index (χ2n) is 8.85. The Morgan fingerprint density at radius 1 is 1.10 bits per heavy atom.